The second-order valence-corrected chi connectivity index (χ2v) is 7.32. The van der Waals surface area contributed by atoms with Gasteiger partial charge in [-0.25, -0.2) is 13.2 Å². The van der Waals surface area contributed by atoms with Gasteiger partial charge < -0.3 is 15.3 Å². The van der Waals surface area contributed by atoms with E-state index in [2.05, 4.69) is 15.3 Å². The number of nitrogens with one attached hydrogen (secondary N) is 3. The molecule has 114 valence electrons. The lowest BCUT2D eigenvalue weighted by Gasteiger charge is -2.38. The van der Waals surface area contributed by atoms with Crippen LogP contribution in [0.3, 0.4) is 0 Å². The molecule has 3 N–H and O–H groups in total. The molecule has 1 aromatic heterocycles. The number of benzene rings is 1. The number of piperazine rings is 1. The third kappa shape index (κ3) is 2.39. The van der Waals surface area contributed by atoms with E-state index in [0.29, 0.717) is 24.1 Å². The molecule has 2 atom stereocenters. The van der Waals surface area contributed by atoms with Crippen molar-refractivity contribution < 1.29 is 8.42 Å². The second kappa shape index (κ2) is 4.97. The summed E-state index contributed by atoms with van der Waals surface area (Å²) in [5.74, 6) is 0. The minimum atomic E-state index is -3.59. The van der Waals surface area contributed by atoms with Gasteiger partial charge in [0.1, 0.15) is 0 Å². The van der Waals surface area contributed by atoms with Crippen molar-refractivity contribution in [3.63, 3.8) is 0 Å². The first-order valence-corrected chi connectivity index (χ1v) is 8.30. The molecule has 0 radical (unpaired) electrons. The van der Waals surface area contributed by atoms with E-state index in [9.17, 15) is 13.2 Å². The molecule has 0 spiro atoms. The van der Waals surface area contributed by atoms with Crippen molar-refractivity contribution in [1.82, 2.24) is 19.6 Å². The van der Waals surface area contributed by atoms with Crippen molar-refractivity contribution in [2.24, 2.45) is 0 Å². The first-order chi connectivity index (χ1) is 9.89. The van der Waals surface area contributed by atoms with Gasteiger partial charge in [0.25, 0.3) is 0 Å². The maximum Gasteiger partial charge on any atom is 0.323 e. The van der Waals surface area contributed by atoms with Gasteiger partial charge in [-0.3, -0.25) is 0 Å². The zero-order chi connectivity index (χ0) is 15.2. The Bertz CT molecular complexity index is 813. The third-order valence-electron chi connectivity index (χ3n) is 3.81. The summed E-state index contributed by atoms with van der Waals surface area (Å²) in [6.45, 7) is 5.04. The van der Waals surface area contributed by atoms with Gasteiger partial charge in [-0.15, -0.1) is 0 Å². The van der Waals surface area contributed by atoms with Crippen LogP contribution in [0.25, 0.3) is 11.0 Å². The minimum absolute atomic E-state index is 0.111. The van der Waals surface area contributed by atoms with Gasteiger partial charge in [-0.1, -0.05) is 0 Å². The van der Waals surface area contributed by atoms with E-state index in [1.165, 1.54) is 16.4 Å². The number of aromatic amines is 2. The summed E-state index contributed by atoms with van der Waals surface area (Å²) in [6.07, 6.45) is 0. The van der Waals surface area contributed by atoms with E-state index >= 15 is 0 Å². The van der Waals surface area contributed by atoms with Crippen LogP contribution in [0, 0.1) is 0 Å². The van der Waals surface area contributed by atoms with Crippen LogP contribution in [-0.2, 0) is 10.0 Å². The highest BCUT2D eigenvalue weighted by Crippen LogP contribution is 2.24. The normalized spacial score (nSPS) is 24.5. The number of aromatic nitrogens is 2. The fraction of sp³-hybridized carbons (Fsp3) is 0.462. The van der Waals surface area contributed by atoms with Crippen LogP contribution in [0.1, 0.15) is 13.8 Å². The molecular formula is C13H18N4O3S. The molecule has 0 aliphatic carbocycles. The quantitative estimate of drug-likeness (QED) is 0.739. The number of fused-ring (bicyclic) bond motifs is 1. The third-order valence-corrected chi connectivity index (χ3v) is 5.94. The summed E-state index contributed by atoms with van der Waals surface area (Å²) >= 11 is 0. The summed E-state index contributed by atoms with van der Waals surface area (Å²) < 4.78 is 27.2. The topological polar surface area (TPSA) is 98.1 Å². The Balaban J connectivity index is 2.08. The highest BCUT2D eigenvalue weighted by atomic mass is 32.2. The van der Waals surface area contributed by atoms with E-state index in [-0.39, 0.29) is 22.7 Å². The standard InChI is InChI=1S/C13H18N4O3S/c1-8-6-14-7-9(2)17(8)21(19,20)10-3-4-11-12(5-10)16-13(18)15-11/h3-5,8-9,14H,6-7H2,1-2H3,(H2,15,16,18). The Hall–Kier alpha value is -1.64. The smallest absolute Gasteiger partial charge is 0.314 e. The Morgan fingerprint density at radius 3 is 2.38 bits per heavy atom. The molecule has 0 bridgehead atoms. The zero-order valence-electron chi connectivity index (χ0n) is 11.9. The Kier molecular flexibility index (Phi) is 3.39. The molecule has 1 aliphatic rings. The summed E-state index contributed by atoms with van der Waals surface area (Å²) in [4.78, 5) is 16.7. The number of rotatable bonds is 2. The fourth-order valence-electron chi connectivity index (χ4n) is 2.88. The zero-order valence-corrected chi connectivity index (χ0v) is 12.7. The van der Waals surface area contributed by atoms with E-state index in [0.717, 1.165) is 0 Å². The van der Waals surface area contributed by atoms with Crippen molar-refractivity contribution in [2.75, 3.05) is 13.1 Å². The van der Waals surface area contributed by atoms with Crippen molar-refractivity contribution in [1.29, 1.82) is 0 Å². The number of hydrogen-bond acceptors (Lipinski definition) is 4. The summed E-state index contributed by atoms with van der Waals surface area (Å²) in [7, 11) is -3.59. The Labute approximate surface area is 122 Å². The first-order valence-electron chi connectivity index (χ1n) is 6.86. The lowest BCUT2D eigenvalue weighted by Crippen LogP contribution is -2.57. The number of nitrogens with zero attached hydrogens (tertiary/aromatic N) is 1. The predicted molar refractivity (Wildman–Crippen MR) is 79.7 cm³/mol. The molecular weight excluding hydrogens is 292 g/mol. The van der Waals surface area contributed by atoms with Gasteiger partial charge in [0, 0.05) is 25.2 Å². The molecule has 7 nitrogen and oxygen atoms in total. The van der Waals surface area contributed by atoms with E-state index in [1.807, 2.05) is 13.8 Å². The van der Waals surface area contributed by atoms with Crippen molar-refractivity contribution >= 4 is 21.1 Å². The van der Waals surface area contributed by atoms with Crippen LogP contribution in [0.5, 0.6) is 0 Å². The minimum Gasteiger partial charge on any atom is -0.314 e. The molecule has 2 heterocycles. The number of H-pyrrole nitrogens is 2. The summed E-state index contributed by atoms with van der Waals surface area (Å²) in [6, 6.07) is 4.42. The lowest BCUT2D eigenvalue weighted by molar-refractivity contribution is 0.220. The fourth-order valence-corrected chi connectivity index (χ4v) is 4.73. The van der Waals surface area contributed by atoms with Gasteiger partial charge >= 0.3 is 5.69 Å². The predicted octanol–water partition coefficient (Wildman–Crippen LogP) is 0.227. The Morgan fingerprint density at radius 2 is 1.71 bits per heavy atom. The lowest BCUT2D eigenvalue weighted by atomic mass is 10.2. The van der Waals surface area contributed by atoms with E-state index in [1.54, 1.807) is 6.07 Å². The Morgan fingerprint density at radius 1 is 1.10 bits per heavy atom. The molecule has 0 amide bonds. The average Bonchev–Trinajstić information content (AvgIpc) is 2.77. The highest BCUT2D eigenvalue weighted by molar-refractivity contribution is 7.89. The maximum absolute atomic E-state index is 12.9. The second-order valence-electron chi connectivity index (χ2n) is 5.48. The number of sulfonamides is 1. The number of hydrogen-bond donors (Lipinski definition) is 3. The van der Waals surface area contributed by atoms with Crippen LogP contribution in [0.2, 0.25) is 0 Å². The van der Waals surface area contributed by atoms with Gasteiger partial charge in [0.2, 0.25) is 10.0 Å². The molecule has 3 rings (SSSR count). The number of imidazole rings is 1. The van der Waals surface area contributed by atoms with Gasteiger partial charge in [-0.05, 0) is 32.0 Å². The molecule has 8 heteroatoms. The van der Waals surface area contributed by atoms with E-state index in [4.69, 9.17) is 0 Å². The summed E-state index contributed by atoms with van der Waals surface area (Å²) in [5.41, 5.74) is 0.750. The van der Waals surface area contributed by atoms with Crippen molar-refractivity contribution in [3.8, 4) is 0 Å². The summed E-state index contributed by atoms with van der Waals surface area (Å²) in [5, 5.41) is 3.21. The van der Waals surface area contributed by atoms with Crippen LogP contribution >= 0.6 is 0 Å². The first kappa shape index (κ1) is 14.3. The van der Waals surface area contributed by atoms with Gasteiger partial charge in [0.15, 0.2) is 0 Å². The van der Waals surface area contributed by atoms with Crippen LogP contribution in [-0.4, -0.2) is 47.9 Å². The van der Waals surface area contributed by atoms with Crippen LogP contribution < -0.4 is 11.0 Å². The van der Waals surface area contributed by atoms with Gasteiger partial charge in [0.05, 0.1) is 15.9 Å². The molecule has 0 saturated carbocycles. The molecule has 1 aliphatic heterocycles. The van der Waals surface area contributed by atoms with Crippen LogP contribution in [0.15, 0.2) is 27.9 Å². The van der Waals surface area contributed by atoms with Gasteiger partial charge in [-0.2, -0.15) is 4.31 Å². The maximum atomic E-state index is 12.9. The highest BCUT2D eigenvalue weighted by Gasteiger charge is 2.35. The van der Waals surface area contributed by atoms with Crippen LogP contribution in [0.4, 0.5) is 0 Å². The molecule has 1 aromatic carbocycles. The largest absolute Gasteiger partial charge is 0.323 e. The molecule has 21 heavy (non-hydrogen) atoms. The average molecular weight is 310 g/mol. The van der Waals surface area contributed by atoms with E-state index < -0.39 is 10.0 Å². The SMILES string of the molecule is CC1CNCC(C)N1S(=O)(=O)c1ccc2[nH]c(=O)[nH]c2c1. The molecule has 2 unspecified atom stereocenters. The van der Waals surface area contributed by atoms with Crippen molar-refractivity contribution in [3.05, 3.63) is 28.7 Å². The van der Waals surface area contributed by atoms with Crippen molar-refractivity contribution in [2.45, 2.75) is 30.8 Å². The monoisotopic (exact) mass is 310 g/mol. The molecule has 1 saturated heterocycles. The molecule has 2 aromatic rings. The molecule has 1 fully saturated rings.